The molecule has 0 saturated carbocycles. The van der Waals surface area contributed by atoms with E-state index in [0.29, 0.717) is 12.5 Å². The maximum Gasteiger partial charge on any atom is 0.130 e. The molecule has 1 aromatic rings. The number of ketones is 1. The van der Waals surface area contributed by atoms with Crippen molar-refractivity contribution in [2.24, 2.45) is 0 Å². The van der Waals surface area contributed by atoms with Crippen molar-refractivity contribution in [1.29, 1.82) is 0 Å². The quantitative estimate of drug-likeness (QED) is 0.903. The Morgan fingerprint density at radius 1 is 1.42 bits per heavy atom. The maximum absolute atomic E-state index is 11.1. The van der Waals surface area contributed by atoms with Gasteiger partial charge >= 0.3 is 0 Å². The van der Waals surface area contributed by atoms with Crippen LogP contribution in [0.25, 0.3) is 0 Å². The number of carbonyl (C=O) groups is 1. The van der Waals surface area contributed by atoms with E-state index in [0.717, 1.165) is 25.3 Å². The van der Waals surface area contributed by atoms with Gasteiger partial charge in [-0.05, 0) is 43.5 Å². The largest absolute Gasteiger partial charge is 0.489 e. The Kier molecular flexibility index (Phi) is 6.32. The summed E-state index contributed by atoms with van der Waals surface area (Å²) in [5.74, 6) is 1.44. The second-order valence-corrected chi connectivity index (χ2v) is 5.11. The highest BCUT2D eigenvalue weighted by molar-refractivity contribution is 5.85. The van der Waals surface area contributed by atoms with Crippen LogP contribution in [0.2, 0.25) is 0 Å². The van der Waals surface area contributed by atoms with Gasteiger partial charge in [-0.3, -0.25) is 0 Å². The van der Waals surface area contributed by atoms with Gasteiger partial charge < -0.3 is 14.8 Å². The Hall–Kier alpha value is -1.06. The van der Waals surface area contributed by atoms with Crippen LogP contribution in [0.4, 0.5) is 0 Å². The number of hydrogen-bond donors (Lipinski definition) is 1. The number of ether oxygens (including phenoxy) is 1. The lowest BCUT2D eigenvalue weighted by Gasteiger charge is -2.14. The first-order chi connectivity index (χ1) is 8.65. The predicted octanol–water partition coefficient (Wildman–Crippen LogP) is 2.93. The molecule has 1 heterocycles. The Labute approximate surface area is 121 Å². The Morgan fingerprint density at radius 3 is 2.63 bits per heavy atom. The maximum atomic E-state index is 11.1. The summed E-state index contributed by atoms with van der Waals surface area (Å²) in [5.41, 5.74) is 1.20. The van der Waals surface area contributed by atoms with Crippen LogP contribution < -0.4 is 10.1 Å². The zero-order valence-corrected chi connectivity index (χ0v) is 12.3. The third-order valence-electron chi connectivity index (χ3n) is 3.36. The molecule has 0 aromatic heterocycles. The highest BCUT2D eigenvalue weighted by Gasteiger charge is 2.16. The van der Waals surface area contributed by atoms with Gasteiger partial charge in [-0.1, -0.05) is 19.1 Å². The molecule has 0 unspecified atom stereocenters. The van der Waals surface area contributed by atoms with E-state index in [1.807, 2.05) is 12.1 Å². The number of Topliss-reactive ketones (excluding diaryl/α,β-unsaturated/α-hetero) is 1. The summed E-state index contributed by atoms with van der Waals surface area (Å²) in [5, 5.41) is 3.28. The minimum atomic E-state index is 0. The highest BCUT2D eigenvalue weighted by Crippen LogP contribution is 2.23. The van der Waals surface area contributed by atoms with Crippen molar-refractivity contribution in [3.8, 4) is 5.75 Å². The topological polar surface area (TPSA) is 38.3 Å². The van der Waals surface area contributed by atoms with Crippen LogP contribution in [0.15, 0.2) is 24.3 Å². The fourth-order valence-electron chi connectivity index (χ4n) is 2.35. The van der Waals surface area contributed by atoms with E-state index in [-0.39, 0.29) is 24.1 Å². The van der Waals surface area contributed by atoms with Crippen LogP contribution >= 0.6 is 12.4 Å². The first-order valence-electron chi connectivity index (χ1n) is 6.62. The lowest BCUT2D eigenvalue weighted by atomic mass is 9.96. The van der Waals surface area contributed by atoms with Crippen LogP contribution in [0, 0.1) is 0 Å². The summed E-state index contributed by atoms with van der Waals surface area (Å²) in [6, 6.07) is 8.13. The van der Waals surface area contributed by atoms with Crippen molar-refractivity contribution in [3.05, 3.63) is 29.8 Å². The molecule has 2 atom stereocenters. The molecule has 3 nitrogen and oxygen atoms in total. The van der Waals surface area contributed by atoms with E-state index < -0.39 is 0 Å². The first-order valence-corrected chi connectivity index (χ1v) is 6.62. The molecule has 1 N–H and O–H groups in total. The molecule has 0 spiro atoms. The number of rotatable bonds is 5. The number of hydrogen-bond acceptors (Lipinski definition) is 3. The Balaban J connectivity index is 0.00000180. The Morgan fingerprint density at radius 2 is 2.11 bits per heavy atom. The molecule has 4 heteroatoms. The van der Waals surface area contributed by atoms with Crippen molar-refractivity contribution < 1.29 is 9.53 Å². The molecule has 1 aliphatic heterocycles. The summed E-state index contributed by atoms with van der Waals surface area (Å²) < 4.78 is 5.86. The molecular weight excluding hydrogens is 262 g/mol. The van der Waals surface area contributed by atoms with E-state index in [9.17, 15) is 4.79 Å². The van der Waals surface area contributed by atoms with Crippen molar-refractivity contribution in [3.63, 3.8) is 0 Å². The van der Waals surface area contributed by atoms with Crippen LogP contribution in [-0.2, 0) is 4.79 Å². The molecule has 1 aliphatic rings. The van der Waals surface area contributed by atoms with Crippen molar-refractivity contribution >= 4 is 18.2 Å². The predicted molar refractivity (Wildman–Crippen MR) is 79.3 cm³/mol. The lowest BCUT2D eigenvalue weighted by molar-refractivity contribution is -0.117. The third-order valence-corrected chi connectivity index (χ3v) is 3.36. The Bertz CT molecular complexity index is 399. The second kappa shape index (κ2) is 7.51. The van der Waals surface area contributed by atoms with Crippen molar-refractivity contribution in [2.75, 3.05) is 13.1 Å². The van der Waals surface area contributed by atoms with Crippen LogP contribution in [-0.4, -0.2) is 25.0 Å². The standard InChI is InChI=1S/C15H21NO2.ClH/c1-11(9-12(2)17)13-3-5-14(6-4-13)18-15-7-8-16-10-15;/h3-6,11,15-16H,7-10H2,1-2H3;1H/t11-,15+;/m1./s1. The lowest BCUT2D eigenvalue weighted by Crippen LogP contribution is -2.19. The second-order valence-electron chi connectivity index (χ2n) is 5.11. The van der Waals surface area contributed by atoms with Crippen LogP contribution in [0.1, 0.15) is 38.2 Å². The van der Waals surface area contributed by atoms with Gasteiger partial charge in [0, 0.05) is 13.0 Å². The molecular formula is C15H22ClNO2. The number of carbonyl (C=O) groups excluding carboxylic acids is 1. The molecule has 2 rings (SSSR count). The fraction of sp³-hybridized carbons (Fsp3) is 0.533. The molecule has 106 valence electrons. The van der Waals surface area contributed by atoms with Gasteiger partial charge in [0.1, 0.15) is 17.6 Å². The monoisotopic (exact) mass is 283 g/mol. The molecule has 0 bridgehead atoms. The van der Waals surface area contributed by atoms with E-state index >= 15 is 0 Å². The van der Waals surface area contributed by atoms with Crippen LogP contribution in [0.5, 0.6) is 5.75 Å². The molecule has 1 saturated heterocycles. The third kappa shape index (κ3) is 4.84. The molecule has 0 radical (unpaired) electrons. The number of nitrogens with one attached hydrogen (secondary N) is 1. The number of halogens is 1. The molecule has 1 fully saturated rings. The SMILES string of the molecule is CC(=O)C[C@@H](C)c1ccc(O[C@H]2CCNC2)cc1.Cl. The summed E-state index contributed by atoms with van der Waals surface area (Å²) >= 11 is 0. The molecule has 1 aromatic carbocycles. The smallest absolute Gasteiger partial charge is 0.130 e. The van der Waals surface area contributed by atoms with E-state index in [2.05, 4.69) is 24.4 Å². The highest BCUT2D eigenvalue weighted by atomic mass is 35.5. The van der Waals surface area contributed by atoms with Gasteiger partial charge in [0.2, 0.25) is 0 Å². The average molecular weight is 284 g/mol. The van der Waals surface area contributed by atoms with Gasteiger partial charge in [-0.15, -0.1) is 12.4 Å². The van der Waals surface area contributed by atoms with Crippen molar-refractivity contribution in [2.45, 2.75) is 38.7 Å². The first kappa shape index (κ1) is 16.0. The van der Waals surface area contributed by atoms with Gasteiger partial charge in [-0.25, -0.2) is 0 Å². The summed E-state index contributed by atoms with van der Waals surface area (Å²) in [7, 11) is 0. The van der Waals surface area contributed by atoms with Gasteiger partial charge in [0.05, 0.1) is 0 Å². The van der Waals surface area contributed by atoms with E-state index in [1.165, 1.54) is 5.56 Å². The van der Waals surface area contributed by atoms with Gasteiger partial charge in [-0.2, -0.15) is 0 Å². The normalized spacial score (nSPS) is 19.6. The zero-order chi connectivity index (χ0) is 13.0. The summed E-state index contributed by atoms with van der Waals surface area (Å²) in [6.45, 7) is 5.69. The van der Waals surface area contributed by atoms with Crippen LogP contribution in [0.3, 0.4) is 0 Å². The zero-order valence-electron chi connectivity index (χ0n) is 11.5. The minimum Gasteiger partial charge on any atom is -0.489 e. The fourth-order valence-corrected chi connectivity index (χ4v) is 2.35. The summed E-state index contributed by atoms with van der Waals surface area (Å²) in [6.07, 6.45) is 1.97. The van der Waals surface area contributed by atoms with Gasteiger partial charge in [0.25, 0.3) is 0 Å². The molecule has 0 aliphatic carbocycles. The van der Waals surface area contributed by atoms with Gasteiger partial charge in [0.15, 0.2) is 0 Å². The van der Waals surface area contributed by atoms with E-state index in [4.69, 9.17) is 4.74 Å². The summed E-state index contributed by atoms with van der Waals surface area (Å²) in [4.78, 5) is 11.1. The van der Waals surface area contributed by atoms with Crippen molar-refractivity contribution in [1.82, 2.24) is 5.32 Å². The minimum absolute atomic E-state index is 0. The van der Waals surface area contributed by atoms with E-state index in [1.54, 1.807) is 6.92 Å². The molecule has 19 heavy (non-hydrogen) atoms. The number of benzene rings is 1. The molecule has 0 amide bonds. The average Bonchev–Trinajstić information content (AvgIpc) is 2.82.